The van der Waals surface area contributed by atoms with Crippen LogP contribution in [0.5, 0.6) is 11.5 Å². The molecule has 1 aromatic rings. The number of hydrogen-bond donors (Lipinski definition) is 0. The van der Waals surface area contributed by atoms with E-state index < -0.39 is 0 Å². The normalized spacial score (nSPS) is 9.85. The topological polar surface area (TPSA) is 18.5 Å². The quantitative estimate of drug-likeness (QED) is 0.781. The van der Waals surface area contributed by atoms with Crippen LogP contribution in [0.3, 0.4) is 0 Å². The summed E-state index contributed by atoms with van der Waals surface area (Å²) in [6, 6.07) is 3.63. The summed E-state index contributed by atoms with van der Waals surface area (Å²) in [5.74, 6) is 1.38. The van der Waals surface area contributed by atoms with Crippen LogP contribution in [0.2, 0.25) is 5.02 Å². The predicted octanol–water partition coefficient (Wildman–Crippen LogP) is 3.25. The van der Waals surface area contributed by atoms with Crippen molar-refractivity contribution >= 4 is 27.5 Å². The Morgan fingerprint density at radius 2 is 2.00 bits per heavy atom. The molecule has 13 heavy (non-hydrogen) atoms. The van der Waals surface area contributed by atoms with E-state index in [0.717, 1.165) is 11.3 Å². The van der Waals surface area contributed by atoms with E-state index in [1.807, 2.05) is 6.07 Å². The lowest BCUT2D eigenvalue weighted by Crippen LogP contribution is -1.91. The van der Waals surface area contributed by atoms with Gasteiger partial charge < -0.3 is 9.47 Å². The van der Waals surface area contributed by atoms with Gasteiger partial charge in [-0.25, -0.2) is 0 Å². The molecule has 2 nitrogen and oxygen atoms in total. The lowest BCUT2D eigenvalue weighted by atomic mass is 10.2. The molecule has 0 saturated carbocycles. The summed E-state index contributed by atoms with van der Waals surface area (Å²) in [5.41, 5.74) is 0.956. The summed E-state index contributed by atoms with van der Waals surface area (Å²) in [4.78, 5) is 0. The van der Waals surface area contributed by atoms with Crippen molar-refractivity contribution in [1.82, 2.24) is 0 Å². The maximum absolute atomic E-state index is 6.03. The van der Waals surface area contributed by atoms with Gasteiger partial charge in [0.2, 0.25) is 0 Å². The minimum Gasteiger partial charge on any atom is -0.497 e. The molecule has 0 atom stereocenters. The number of alkyl halides is 1. The van der Waals surface area contributed by atoms with Gasteiger partial charge in [-0.1, -0.05) is 27.5 Å². The second-order valence-electron chi connectivity index (χ2n) is 2.44. The highest BCUT2D eigenvalue weighted by Crippen LogP contribution is 2.33. The minimum absolute atomic E-state index is 0.625. The van der Waals surface area contributed by atoms with Crippen LogP contribution >= 0.6 is 27.5 Å². The monoisotopic (exact) mass is 264 g/mol. The van der Waals surface area contributed by atoms with Crippen molar-refractivity contribution in [2.45, 2.75) is 5.33 Å². The fourth-order valence-corrected chi connectivity index (χ4v) is 1.85. The molecule has 0 bridgehead atoms. The standard InChI is InChI=1S/C9H10BrClO2/c1-12-7-3-6(5-10)9(11)8(4-7)13-2/h3-4H,5H2,1-2H3. The number of benzene rings is 1. The Balaban J connectivity index is 3.20. The van der Waals surface area contributed by atoms with Crippen LogP contribution < -0.4 is 9.47 Å². The average molecular weight is 266 g/mol. The van der Waals surface area contributed by atoms with Gasteiger partial charge in [0.15, 0.2) is 0 Å². The van der Waals surface area contributed by atoms with Crippen LogP contribution in [0, 0.1) is 0 Å². The molecule has 0 fully saturated rings. The second-order valence-corrected chi connectivity index (χ2v) is 3.38. The summed E-state index contributed by atoms with van der Waals surface area (Å²) in [6.07, 6.45) is 0. The molecule has 0 aromatic heterocycles. The number of halogens is 2. The molecule has 0 heterocycles. The van der Waals surface area contributed by atoms with Crippen molar-refractivity contribution in [3.05, 3.63) is 22.7 Å². The number of rotatable bonds is 3. The summed E-state index contributed by atoms with van der Waals surface area (Å²) in [5, 5.41) is 1.31. The van der Waals surface area contributed by atoms with Crippen LogP contribution in [-0.2, 0) is 5.33 Å². The van der Waals surface area contributed by atoms with Crippen LogP contribution in [0.25, 0.3) is 0 Å². The Morgan fingerprint density at radius 1 is 1.31 bits per heavy atom. The largest absolute Gasteiger partial charge is 0.497 e. The van der Waals surface area contributed by atoms with Gasteiger partial charge in [-0.05, 0) is 11.6 Å². The Hall–Kier alpha value is -0.410. The highest BCUT2D eigenvalue weighted by molar-refractivity contribution is 9.08. The van der Waals surface area contributed by atoms with E-state index in [0.29, 0.717) is 16.1 Å². The third-order valence-corrected chi connectivity index (χ3v) is 2.72. The van der Waals surface area contributed by atoms with Crippen LogP contribution in [0.1, 0.15) is 5.56 Å². The molecule has 1 aromatic carbocycles. The fourth-order valence-electron chi connectivity index (χ4n) is 0.991. The molecule has 0 aliphatic carbocycles. The number of methoxy groups -OCH3 is 2. The fraction of sp³-hybridized carbons (Fsp3) is 0.333. The molecule has 0 saturated heterocycles. The molecule has 0 aliphatic heterocycles. The lowest BCUT2D eigenvalue weighted by molar-refractivity contribution is 0.394. The highest BCUT2D eigenvalue weighted by atomic mass is 79.9. The third kappa shape index (κ3) is 2.29. The Kier molecular flexibility index (Phi) is 3.88. The van der Waals surface area contributed by atoms with Gasteiger partial charge in [-0.15, -0.1) is 0 Å². The third-order valence-electron chi connectivity index (χ3n) is 1.69. The molecule has 0 spiro atoms. The van der Waals surface area contributed by atoms with Crippen molar-refractivity contribution in [3.8, 4) is 11.5 Å². The maximum atomic E-state index is 6.03. The van der Waals surface area contributed by atoms with Crippen molar-refractivity contribution < 1.29 is 9.47 Å². The first-order valence-electron chi connectivity index (χ1n) is 3.69. The number of ether oxygens (including phenoxy) is 2. The molecule has 0 N–H and O–H groups in total. The van der Waals surface area contributed by atoms with Crippen molar-refractivity contribution in [1.29, 1.82) is 0 Å². The first-order chi connectivity index (χ1) is 6.22. The molecular weight excluding hydrogens is 255 g/mol. The second kappa shape index (κ2) is 4.72. The van der Waals surface area contributed by atoms with E-state index in [1.54, 1.807) is 20.3 Å². The van der Waals surface area contributed by atoms with Gasteiger partial charge in [0.25, 0.3) is 0 Å². The van der Waals surface area contributed by atoms with Gasteiger partial charge in [0.1, 0.15) is 11.5 Å². The first-order valence-corrected chi connectivity index (χ1v) is 5.19. The van der Waals surface area contributed by atoms with E-state index in [1.165, 1.54) is 0 Å². The van der Waals surface area contributed by atoms with Gasteiger partial charge >= 0.3 is 0 Å². The van der Waals surface area contributed by atoms with E-state index in [9.17, 15) is 0 Å². The Morgan fingerprint density at radius 3 is 2.46 bits per heavy atom. The van der Waals surface area contributed by atoms with Crippen LogP contribution in [0.15, 0.2) is 12.1 Å². The zero-order valence-corrected chi connectivity index (χ0v) is 9.78. The summed E-state index contributed by atoms with van der Waals surface area (Å²) >= 11 is 9.37. The van der Waals surface area contributed by atoms with Crippen molar-refractivity contribution in [2.75, 3.05) is 14.2 Å². The predicted molar refractivity (Wildman–Crippen MR) is 57.2 cm³/mol. The Labute approximate surface area is 90.9 Å². The zero-order valence-electron chi connectivity index (χ0n) is 7.43. The molecule has 1 rings (SSSR count). The molecule has 0 unspecified atom stereocenters. The van der Waals surface area contributed by atoms with Gasteiger partial charge in [-0.2, -0.15) is 0 Å². The van der Waals surface area contributed by atoms with Gasteiger partial charge in [-0.3, -0.25) is 0 Å². The van der Waals surface area contributed by atoms with E-state index in [4.69, 9.17) is 21.1 Å². The number of hydrogen-bond acceptors (Lipinski definition) is 2. The summed E-state index contributed by atoms with van der Waals surface area (Å²) in [6.45, 7) is 0. The Bertz CT molecular complexity index is 277. The average Bonchev–Trinajstić information content (AvgIpc) is 2.18. The summed E-state index contributed by atoms with van der Waals surface area (Å²) < 4.78 is 10.2. The molecular formula is C9H10BrClO2. The summed E-state index contributed by atoms with van der Waals surface area (Å²) in [7, 11) is 3.19. The van der Waals surface area contributed by atoms with Gasteiger partial charge in [0, 0.05) is 11.4 Å². The molecule has 0 amide bonds. The molecule has 0 radical (unpaired) electrons. The smallest absolute Gasteiger partial charge is 0.141 e. The van der Waals surface area contributed by atoms with Gasteiger partial charge in [0.05, 0.1) is 19.2 Å². The lowest BCUT2D eigenvalue weighted by Gasteiger charge is -2.09. The SMILES string of the molecule is COc1cc(CBr)c(Cl)c(OC)c1. The minimum atomic E-state index is 0.625. The van der Waals surface area contributed by atoms with E-state index in [-0.39, 0.29) is 0 Å². The van der Waals surface area contributed by atoms with Crippen LogP contribution in [-0.4, -0.2) is 14.2 Å². The highest BCUT2D eigenvalue weighted by Gasteiger charge is 2.08. The molecule has 0 aliphatic rings. The first kappa shape index (κ1) is 10.7. The molecule has 72 valence electrons. The van der Waals surface area contributed by atoms with Crippen molar-refractivity contribution in [2.24, 2.45) is 0 Å². The van der Waals surface area contributed by atoms with Crippen LogP contribution in [0.4, 0.5) is 0 Å². The zero-order chi connectivity index (χ0) is 9.84. The van der Waals surface area contributed by atoms with E-state index in [2.05, 4.69) is 15.9 Å². The molecule has 4 heteroatoms. The van der Waals surface area contributed by atoms with E-state index >= 15 is 0 Å². The maximum Gasteiger partial charge on any atom is 0.141 e. The van der Waals surface area contributed by atoms with Crippen molar-refractivity contribution in [3.63, 3.8) is 0 Å².